The molecule has 0 radical (unpaired) electrons. The average Bonchev–Trinajstić information content (AvgIpc) is 2.89. The number of nitrogens with zero attached hydrogens (tertiary/aromatic N) is 4. The molecule has 0 bridgehead atoms. The number of carbonyl (C=O) groups excluding carboxylic acids is 1. The highest BCUT2D eigenvalue weighted by Gasteiger charge is 2.14. The smallest absolute Gasteiger partial charge is 0.251 e. The molecule has 0 aliphatic carbocycles. The van der Waals surface area contributed by atoms with Crippen molar-refractivity contribution in [2.24, 2.45) is 0 Å². The molecule has 0 fully saturated rings. The third-order valence-corrected chi connectivity index (χ3v) is 5.51. The topological polar surface area (TPSA) is 89.9 Å². The molecule has 1 N–H and O–H groups in total. The lowest BCUT2D eigenvalue weighted by Crippen LogP contribution is -2.23. The highest BCUT2D eigenvalue weighted by molar-refractivity contribution is 5.96. The molecule has 166 valence electrons. The van der Waals surface area contributed by atoms with Crippen LogP contribution in [0, 0.1) is 6.92 Å². The van der Waals surface area contributed by atoms with E-state index in [1.54, 1.807) is 43.2 Å². The van der Waals surface area contributed by atoms with E-state index in [1.807, 2.05) is 55.5 Å². The zero-order valence-electron chi connectivity index (χ0n) is 18.5. The standard InChI is InChI=1S/C27H21N5O2/c1-18-21(27(33)32-16-19-7-10-28-11-8-19)3-2-4-25(18)34-26-9-12-30-23-15-20(5-6-22(23)26)24-17-29-13-14-31-24/h2-15,17H,16H2,1H3,(H,32,33). The maximum atomic E-state index is 12.8. The maximum absolute atomic E-state index is 12.8. The molecule has 0 saturated carbocycles. The zero-order chi connectivity index (χ0) is 23.3. The number of nitrogens with one attached hydrogen (secondary N) is 1. The van der Waals surface area contributed by atoms with Crippen LogP contribution in [-0.2, 0) is 6.54 Å². The molecule has 5 aromatic rings. The second-order valence-corrected chi connectivity index (χ2v) is 7.70. The van der Waals surface area contributed by atoms with Crippen LogP contribution in [0.1, 0.15) is 21.5 Å². The van der Waals surface area contributed by atoms with Gasteiger partial charge in [0.2, 0.25) is 0 Å². The number of benzene rings is 2. The van der Waals surface area contributed by atoms with E-state index in [2.05, 4.69) is 25.3 Å². The van der Waals surface area contributed by atoms with Crippen molar-refractivity contribution < 1.29 is 9.53 Å². The van der Waals surface area contributed by atoms with Crippen LogP contribution in [0.4, 0.5) is 0 Å². The summed E-state index contributed by atoms with van der Waals surface area (Å²) in [6, 6.07) is 16.9. The normalized spacial score (nSPS) is 10.7. The summed E-state index contributed by atoms with van der Waals surface area (Å²) in [4.78, 5) is 29.8. The van der Waals surface area contributed by atoms with E-state index < -0.39 is 0 Å². The summed E-state index contributed by atoms with van der Waals surface area (Å²) in [5.41, 5.74) is 4.79. The molecule has 0 saturated heterocycles. The van der Waals surface area contributed by atoms with E-state index >= 15 is 0 Å². The molecule has 0 spiro atoms. The molecule has 0 unspecified atom stereocenters. The molecule has 34 heavy (non-hydrogen) atoms. The molecule has 2 aromatic carbocycles. The van der Waals surface area contributed by atoms with Crippen LogP contribution in [0.2, 0.25) is 0 Å². The Kier molecular flexibility index (Phi) is 5.90. The number of fused-ring (bicyclic) bond motifs is 1. The second kappa shape index (κ2) is 9.46. The predicted molar refractivity (Wildman–Crippen MR) is 129 cm³/mol. The Hall–Kier alpha value is -4.65. The van der Waals surface area contributed by atoms with Crippen LogP contribution in [0.5, 0.6) is 11.5 Å². The summed E-state index contributed by atoms with van der Waals surface area (Å²) in [5.74, 6) is 1.11. The van der Waals surface area contributed by atoms with Crippen LogP contribution in [-0.4, -0.2) is 25.8 Å². The lowest BCUT2D eigenvalue weighted by molar-refractivity contribution is 0.0950. The van der Waals surface area contributed by atoms with Crippen molar-refractivity contribution in [3.05, 3.63) is 108 Å². The molecule has 1 amide bonds. The minimum absolute atomic E-state index is 0.159. The van der Waals surface area contributed by atoms with Gasteiger partial charge in [0.25, 0.3) is 5.91 Å². The van der Waals surface area contributed by atoms with Crippen LogP contribution in [0.25, 0.3) is 22.2 Å². The Labute approximate surface area is 196 Å². The quantitative estimate of drug-likeness (QED) is 0.389. The van der Waals surface area contributed by atoms with Crippen molar-refractivity contribution in [3.8, 4) is 22.8 Å². The number of ether oxygens (including phenoxy) is 1. The SMILES string of the molecule is Cc1c(Oc2ccnc3cc(-c4cnccn4)ccc23)cccc1C(=O)NCc1ccncc1. The van der Waals surface area contributed by atoms with Crippen LogP contribution >= 0.6 is 0 Å². The first-order valence-corrected chi connectivity index (χ1v) is 10.8. The number of hydrogen-bond acceptors (Lipinski definition) is 6. The molecule has 3 heterocycles. The van der Waals surface area contributed by atoms with Gasteiger partial charge >= 0.3 is 0 Å². The Balaban J connectivity index is 1.40. The summed E-state index contributed by atoms with van der Waals surface area (Å²) >= 11 is 0. The molecule has 5 rings (SSSR count). The molecule has 7 heteroatoms. The second-order valence-electron chi connectivity index (χ2n) is 7.70. The summed E-state index contributed by atoms with van der Waals surface area (Å²) < 4.78 is 6.27. The van der Waals surface area contributed by atoms with Gasteiger partial charge in [-0.05, 0) is 55.0 Å². The third-order valence-electron chi connectivity index (χ3n) is 5.51. The average molecular weight is 447 g/mol. The fourth-order valence-electron chi connectivity index (χ4n) is 3.69. The number of amides is 1. The van der Waals surface area contributed by atoms with E-state index in [9.17, 15) is 4.79 Å². The first-order chi connectivity index (χ1) is 16.7. The third kappa shape index (κ3) is 4.45. The maximum Gasteiger partial charge on any atom is 0.251 e. The molecule has 7 nitrogen and oxygen atoms in total. The molecule has 3 aromatic heterocycles. The fourth-order valence-corrected chi connectivity index (χ4v) is 3.69. The molecule has 0 atom stereocenters. The van der Waals surface area contributed by atoms with Crippen molar-refractivity contribution in [2.45, 2.75) is 13.5 Å². The Morgan fingerprint density at radius 2 is 1.76 bits per heavy atom. The first kappa shape index (κ1) is 21.2. The van der Waals surface area contributed by atoms with E-state index in [0.717, 1.165) is 33.3 Å². The largest absolute Gasteiger partial charge is 0.456 e. The summed E-state index contributed by atoms with van der Waals surface area (Å²) in [6.07, 6.45) is 10.1. The van der Waals surface area contributed by atoms with Gasteiger partial charge in [-0.15, -0.1) is 0 Å². The van der Waals surface area contributed by atoms with Gasteiger partial charge in [-0.1, -0.05) is 12.1 Å². The fraction of sp³-hybridized carbons (Fsp3) is 0.0741. The molecular formula is C27H21N5O2. The van der Waals surface area contributed by atoms with Gasteiger partial charge in [-0.25, -0.2) is 0 Å². The van der Waals surface area contributed by atoms with Gasteiger partial charge < -0.3 is 10.1 Å². The number of rotatable bonds is 6. The van der Waals surface area contributed by atoms with Crippen LogP contribution in [0.3, 0.4) is 0 Å². The monoisotopic (exact) mass is 447 g/mol. The van der Waals surface area contributed by atoms with Gasteiger partial charge in [0.05, 0.1) is 17.4 Å². The first-order valence-electron chi connectivity index (χ1n) is 10.8. The lowest BCUT2D eigenvalue weighted by Gasteiger charge is -2.14. The van der Waals surface area contributed by atoms with Crippen molar-refractivity contribution in [1.29, 1.82) is 0 Å². The molecule has 0 aliphatic rings. The van der Waals surface area contributed by atoms with E-state index in [0.29, 0.717) is 23.6 Å². The lowest BCUT2D eigenvalue weighted by atomic mass is 10.1. The van der Waals surface area contributed by atoms with Gasteiger partial charge in [0.15, 0.2) is 0 Å². The van der Waals surface area contributed by atoms with Crippen LogP contribution < -0.4 is 10.1 Å². The molecular weight excluding hydrogens is 426 g/mol. The van der Waals surface area contributed by atoms with Gasteiger partial charge in [0, 0.05) is 59.6 Å². The Morgan fingerprint density at radius 3 is 2.59 bits per heavy atom. The number of hydrogen-bond donors (Lipinski definition) is 1. The van der Waals surface area contributed by atoms with E-state index in [1.165, 1.54) is 0 Å². The van der Waals surface area contributed by atoms with Gasteiger partial charge in [0.1, 0.15) is 11.5 Å². The summed E-state index contributed by atoms with van der Waals surface area (Å²) in [5, 5.41) is 3.82. The van der Waals surface area contributed by atoms with Crippen molar-refractivity contribution >= 4 is 16.8 Å². The van der Waals surface area contributed by atoms with Crippen molar-refractivity contribution in [1.82, 2.24) is 25.3 Å². The highest BCUT2D eigenvalue weighted by atomic mass is 16.5. The van der Waals surface area contributed by atoms with Crippen molar-refractivity contribution in [3.63, 3.8) is 0 Å². The van der Waals surface area contributed by atoms with E-state index in [-0.39, 0.29) is 5.91 Å². The summed E-state index contributed by atoms with van der Waals surface area (Å²) in [7, 11) is 0. The minimum atomic E-state index is -0.159. The van der Waals surface area contributed by atoms with Gasteiger partial charge in [-0.3, -0.25) is 24.7 Å². The van der Waals surface area contributed by atoms with E-state index in [4.69, 9.17) is 4.74 Å². The number of pyridine rings is 2. The van der Waals surface area contributed by atoms with Crippen LogP contribution in [0.15, 0.2) is 91.8 Å². The zero-order valence-corrected chi connectivity index (χ0v) is 18.5. The van der Waals surface area contributed by atoms with Gasteiger partial charge in [-0.2, -0.15) is 0 Å². The highest BCUT2D eigenvalue weighted by Crippen LogP contribution is 2.33. The summed E-state index contributed by atoms with van der Waals surface area (Å²) in [6.45, 7) is 2.31. The Morgan fingerprint density at radius 1 is 0.882 bits per heavy atom. The minimum Gasteiger partial charge on any atom is -0.456 e. The number of carbonyl (C=O) groups is 1. The predicted octanol–water partition coefficient (Wildman–Crippen LogP) is 5.12. The Bertz CT molecular complexity index is 1460. The van der Waals surface area contributed by atoms with Crippen molar-refractivity contribution in [2.75, 3.05) is 0 Å². The molecule has 0 aliphatic heterocycles. The number of aromatic nitrogens is 4.